The first kappa shape index (κ1) is 14.2. The average Bonchev–Trinajstić information content (AvgIpc) is 2.25. The molecular formula is C15H26N2. The topological polar surface area (TPSA) is 38.0 Å². The van der Waals surface area contributed by atoms with Crippen LogP contribution in [0, 0.1) is 0 Å². The molecule has 2 heteroatoms. The molecule has 0 saturated heterocycles. The summed E-state index contributed by atoms with van der Waals surface area (Å²) in [4.78, 5) is 0. The number of benzene rings is 1. The fraction of sp³-hybridized carbons (Fsp3) is 0.600. The van der Waals surface area contributed by atoms with Crippen molar-refractivity contribution in [3.05, 3.63) is 35.9 Å². The number of rotatable bonds is 6. The summed E-state index contributed by atoms with van der Waals surface area (Å²) >= 11 is 0. The zero-order valence-electron chi connectivity index (χ0n) is 11.6. The first-order valence-corrected chi connectivity index (χ1v) is 6.36. The van der Waals surface area contributed by atoms with Crippen molar-refractivity contribution in [1.82, 2.24) is 5.32 Å². The molecule has 0 aliphatic heterocycles. The van der Waals surface area contributed by atoms with Crippen LogP contribution in [0.3, 0.4) is 0 Å². The third-order valence-corrected chi connectivity index (χ3v) is 3.07. The highest BCUT2D eigenvalue weighted by Gasteiger charge is 2.19. The van der Waals surface area contributed by atoms with Gasteiger partial charge in [-0.25, -0.2) is 0 Å². The van der Waals surface area contributed by atoms with Crippen molar-refractivity contribution in [3.8, 4) is 0 Å². The van der Waals surface area contributed by atoms with Crippen LogP contribution in [0.4, 0.5) is 0 Å². The molecule has 0 radical (unpaired) electrons. The first-order valence-electron chi connectivity index (χ1n) is 6.36. The first-order chi connectivity index (χ1) is 7.81. The third-order valence-electron chi connectivity index (χ3n) is 3.07. The van der Waals surface area contributed by atoms with E-state index in [0.717, 1.165) is 19.5 Å². The highest BCUT2D eigenvalue weighted by Crippen LogP contribution is 2.21. The highest BCUT2D eigenvalue weighted by atomic mass is 14.9. The molecule has 0 spiro atoms. The summed E-state index contributed by atoms with van der Waals surface area (Å²) in [6, 6.07) is 10.6. The van der Waals surface area contributed by atoms with E-state index < -0.39 is 0 Å². The lowest BCUT2D eigenvalue weighted by Gasteiger charge is -2.27. The van der Waals surface area contributed by atoms with Crippen LogP contribution in [0.5, 0.6) is 0 Å². The quantitative estimate of drug-likeness (QED) is 0.743. The Morgan fingerprint density at radius 1 is 1.06 bits per heavy atom. The van der Waals surface area contributed by atoms with Gasteiger partial charge in [-0.05, 0) is 32.4 Å². The van der Waals surface area contributed by atoms with E-state index in [1.807, 2.05) is 0 Å². The van der Waals surface area contributed by atoms with Gasteiger partial charge in [-0.15, -0.1) is 0 Å². The van der Waals surface area contributed by atoms with Crippen LogP contribution in [-0.4, -0.2) is 18.6 Å². The second-order valence-corrected chi connectivity index (χ2v) is 6.17. The van der Waals surface area contributed by atoms with E-state index in [2.05, 4.69) is 63.3 Å². The minimum atomic E-state index is -0.0795. The largest absolute Gasteiger partial charge is 0.326 e. The van der Waals surface area contributed by atoms with Gasteiger partial charge in [0.05, 0.1) is 0 Å². The van der Waals surface area contributed by atoms with Gasteiger partial charge in [0.25, 0.3) is 0 Å². The van der Waals surface area contributed by atoms with Gasteiger partial charge >= 0.3 is 0 Å². The van der Waals surface area contributed by atoms with Crippen molar-refractivity contribution in [3.63, 3.8) is 0 Å². The molecule has 0 unspecified atom stereocenters. The van der Waals surface area contributed by atoms with Gasteiger partial charge in [0.2, 0.25) is 0 Å². The van der Waals surface area contributed by atoms with Crippen LogP contribution in [0.25, 0.3) is 0 Å². The average molecular weight is 234 g/mol. The predicted octanol–water partition coefficient (Wildman–Crippen LogP) is 2.68. The molecule has 0 saturated carbocycles. The van der Waals surface area contributed by atoms with E-state index in [1.165, 1.54) is 5.56 Å². The maximum atomic E-state index is 5.96. The standard InChI is InChI=1S/C15H26N2/c1-14(2,13-8-6-5-7-9-13)12-17-11-10-15(3,4)16/h5-9,17H,10-12,16H2,1-4H3. The van der Waals surface area contributed by atoms with E-state index >= 15 is 0 Å². The normalized spacial score (nSPS) is 12.8. The van der Waals surface area contributed by atoms with Crippen molar-refractivity contribution in [1.29, 1.82) is 0 Å². The summed E-state index contributed by atoms with van der Waals surface area (Å²) in [5.74, 6) is 0. The Balaban J connectivity index is 2.41. The van der Waals surface area contributed by atoms with Gasteiger partial charge in [-0.2, -0.15) is 0 Å². The smallest absolute Gasteiger partial charge is 0.0109 e. The molecule has 0 aliphatic carbocycles. The maximum absolute atomic E-state index is 5.96. The SMILES string of the molecule is CC(C)(N)CCNCC(C)(C)c1ccccc1. The van der Waals surface area contributed by atoms with E-state index in [0.29, 0.717) is 0 Å². The van der Waals surface area contributed by atoms with E-state index in [4.69, 9.17) is 5.73 Å². The van der Waals surface area contributed by atoms with Gasteiger partial charge < -0.3 is 11.1 Å². The van der Waals surface area contributed by atoms with Gasteiger partial charge in [0, 0.05) is 17.5 Å². The van der Waals surface area contributed by atoms with Crippen LogP contribution in [0.1, 0.15) is 39.7 Å². The summed E-state index contributed by atoms with van der Waals surface area (Å²) in [6.45, 7) is 10.6. The molecule has 0 atom stereocenters. The second-order valence-electron chi connectivity index (χ2n) is 6.17. The Morgan fingerprint density at radius 3 is 2.18 bits per heavy atom. The fourth-order valence-electron chi connectivity index (χ4n) is 1.80. The van der Waals surface area contributed by atoms with Crippen molar-refractivity contribution in [2.24, 2.45) is 5.73 Å². The number of hydrogen-bond acceptors (Lipinski definition) is 2. The molecule has 0 bridgehead atoms. The molecule has 3 N–H and O–H groups in total. The Kier molecular flexibility index (Phi) is 4.72. The molecule has 0 amide bonds. The molecule has 0 fully saturated rings. The highest BCUT2D eigenvalue weighted by molar-refractivity contribution is 5.23. The van der Waals surface area contributed by atoms with Gasteiger partial charge in [-0.3, -0.25) is 0 Å². The lowest BCUT2D eigenvalue weighted by molar-refractivity contribution is 0.418. The predicted molar refractivity (Wildman–Crippen MR) is 75.2 cm³/mol. The molecule has 0 aliphatic rings. The molecule has 1 aromatic rings. The molecule has 1 rings (SSSR count). The van der Waals surface area contributed by atoms with E-state index in [1.54, 1.807) is 0 Å². The third kappa shape index (κ3) is 5.33. The molecular weight excluding hydrogens is 208 g/mol. The molecule has 1 aromatic carbocycles. The van der Waals surface area contributed by atoms with E-state index in [-0.39, 0.29) is 11.0 Å². The summed E-state index contributed by atoms with van der Waals surface area (Å²) < 4.78 is 0. The Morgan fingerprint density at radius 2 is 1.65 bits per heavy atom. The zero-order chi connectivity index (χ0) is 12.9. The van der Waals surface area contributed by atoms with Crippen molar-refractivity contribution in [2.75, 3.05) is 13.1 Å². The minimum absolute atomic E-state index is 0.0795. The van der Waals surface area contributed by atoms with Crippen molar-refractivity contribution >= 4 is 0 Å². The van der Waals surface area contributed by atoms with Crippen LogP contribution in [-0.2, 0) is 5.41 Å². The Hall–Kier alpha value is -0.860. The number of nitrogens with two attached hydrogens (primary N) is 1. The zero-order valence-corrected chi connectivity index (χ0v) is 11.6. The summed E-state index contributed by atoms with van der Waals surface area (Å²) in [7, 11) is 0. The van der Waals surface area contributed by atoms with E-state index in [9.17, 15) is 0 Å². The molecule has 2 nitrogen and oxygen atoms in total. The summed E-state index contributed by atoms with van der Waals surface area (Å²) in [5, 5.41) is 3.50. The molecule has 96 valence electrons. The molecule has 0 heterocycles. The maximum Gasteiger partial charge on any atom is 0.0109 e. The monoisotopic (exact) mass is 234 g/mol. The fourth-order valence-corrected chi connectivity index (χ4v) is 1.80. The van der Waals surface area contributed by atoms with Crippen LogP contribution in [0.15, 0.2) is 30.3 Å². The second kappa shape index (κ2) is 5.65. The molecule has 17 heavy (non-hydrogen) atoms. The van der Waals surface area contributed by atoms with Crippen molar-refractivity contribution in [2.45, 2.75) is 45.1 Å². The van der Waals surface area contributed by atoms with Gasteiger partial charge in [-0.1, -0.05) is 44.2 Å². The number of nitrogens with one attached hydrogen (secondary N) is 1. The van der Waals surface area contributed by atoms with Gasteiger partial charge in [0.1, 0.15) is 0 Å². The van der Waals surface area contributed by atoms with Crippen LogP contribution >= 0.6 is 0 Å². The van der Waals surface area contributed by atoms with Crippen LogP contribution in [0.2, 0.25) is 0 Å². The minimum Gasteiger partial charge on any atom is -0.326 e. The van der Waals surface area contributed by atoms with Gasteiger partial charge in [0.15, 0.2) is 0 Å². The Bertz CT molecular complexity index is 323. The Labute approximate surface area is 106 Å². The summed E-state index contributed by atoms with van der Waals surface area (Å²) in [6.07, 6.45) is 0.998. The van der Waals surface area contributed by atoms with Crippen molar-refractivity contribution < 1.29 is 0 Å². The number of hydrogen-bond donors (Lipinski definition) is 2. The van der Waals surface area contributed by atoms with Crippen LogP contribution < -0.4 is 11.1 Å². The lowest BCUT2D eigenvalue weighted by Crippen LogP contribution is -2.39. The lowest BCUT2D eigenvalue weighted by atomic mass is 9.84. The summed E-state index contributed by atoms with van der Waals surface area (Å²) in [5.41, 5.74) is 7.42. The molecule has 0 aromatic heterocycles.